The van der Waals surface area contributed by atoms with Gasteiger partial charge in [0.05, 0.1) is 45.6 Å². The summed E-state index contributed by atoms with van der Waals surface area (Å²) in [6.45, 7) is 8.49. The quantitative estimate of drug-likeness (QED) is 0.169. The molecule has 0 bridgehead atoms. The SMILES string of the molecule is [C-]#[N+]c1cc(-n2c3ccccc3c3cc4sc5ccccc5c4cc32)c(C#N)cc1-n1c2ccccc2c2cc3sc4ccccc4c3cc21. The Hall–Kier alpha value is -6.44. The van der Waals surface area contributed by atoms with Crippen LogP contribution in [0.3, 0.4) is 0 Å². The number of fused-ring (bicyclic) bond motifs is 12. The lowest BCUT2D eigenvalue weighted by molar-refractivity contribution is 1.14. The highest BCUT2D eigenvalue weighted by Gasteiger charge is 2.22. The van der Waals surface area contributed by atoms with Crippen LogP contribution in [-0.4, -0.2) is 9.13 Å². The lowest BCUT2D eigenvalue weighted by atomic mass is 10.1. The van der Waals surface area contributed by atoms with Crippen molar-refractivity contribution in [3.8, 4) is 17.4 Å². The topological polar surface area (TPSA) is 38.0 Å². The van der Waals surface area contributed by atoms with Crippen molar-refractivity contribution >= 4 is 112 Å². The van der Waals surface area contributed by atoms with Crippen LogP contribution in [-0.2, 0) is 0 Å². The second-order valence-electron chi connectivity index (χ2n) is 12.7. The maximum Gasteiger partial charge on any atom is 0.212 e. The van der Waals surface area contributed by atoms with Crippen molar-refractivity contribution in [1.29, 1.82) is 5.26 Å². The van der Waals surface area contributed by atoms with Crippen LogP contribution in [0.25, 0.3) is 100 Å². The van der Waals surface area contributed by atoms with Gasteiger partial charge < -0.3 is 9.13 Å². The van der Waals surface area contributed by atoms with Crippen LogP contribution < -0.4 is 0 Å². The van der Waals surface area contributed by atoms with Crippen molar-refractivity contribution < 1.29 is 0 Å². The summed E-state index contributed by atoms with van der Waals surface area (Å²) >= 11 is 3.61. The molecule has 0 saturated heterocycles. The van der Waals surface area contributed by atoms with Crippen molar-refractivity contribution in [3.63, 3.8) is 0 Å². The van der Waals surface area contributed by atoms with Gasteiger partial charge in [0, 0.05) is 61.9 Å². The van der Waals surface area contributed by atoms with E-state index in [0.29, 0.717) is 22.6 Å². The summed E-state index contributed by atoms with van der Waals surface area (Å²) in [6.07, 6.45) is 0. The van der Waals surface area contributed by atoms with Gasteiger partial charge in [-0.2, -0.15) is 5.26 Å². The van der Waals surface area contributed by atoms with Crippen molar-refractivity contribution in [2.45, 2.75) is 0 Å². The molecule has 0 aliphatic rings. The Morgan fingerprint density at radius 2 is 0.940 bits per heavy atom. The molecule has 0 amide bonds. The minimum absolute atomic E-state index is 0.491. The van der Waals surface area contributed by atoms with E-state index < -0.39 is 0 Å². The van der Waals surface area contributed by atoms with Crippen LogP contribution in [0.5, 0.6) is 0 Å². The molecule has 0 aliphatic carbocycles. The molecule has 4 heterocycles. The van der Waals surface area contributed by atoms with E-state index in [-0.39, 0.29) is 0 Å². The standard InChI is InChI=1S/C44H22N4S2/c1-46-34-23-37(47-35-14-6-2-10-26(35)30-21-43-32(19-38(30)47)28-12-4-8-16-41(28)49-43)25(24-45)18-40(34)48-36-15-7-3-11-27(36)31-22-44-33(20-39(31)48)29-13-5-9-17-42(29)50-44/h2-23H. The molecule has 0 unspecified atom stereocenters. The molecule has 0 aliphatic heterocycles. The Morgan fingerprint density at radius 3 is 1.46 bits per heavy atom. The molecule has 230 valence electrons. The number of aromatic nitrogens is 2. The van der Waals surface area contributed by atoms with Gasteiger partial charge in [-0.15, -0.1) is 22.7 Å². The van der Waals surface area contributed by atoms with Crippen molar-refractivity contribution in [1.82, 2.24) is 9.13 Å². The summed E-state index contributed by atoms with van der Waals surface area (Å²) in [5.74, 6) is 0. The Kier molecular flexibility index (Phi) is 5.52. The van der Waals surface area contributed by atoms with E-state index in [1.165, 1.54) is 40.3 Å². The molecule has 0 spiro atoms. The molecular formula is C44H22N4S2. The molecule has 7 aromatic carbocycles. The maximum absolute atomic E-state index is 10.8. The second kappa shape index (κ2) is 10.0. The lowest BCUT2D eigenvalue weighted by Crippen LogP contribution is -2.01. The third-order valence-corrected chi connectivity index (χ3v) is 12.4. The van der Waals surface area contributed by atoms with E-state index in [0.717, 1.165) is 43.6 Å². The van der Waals surface area contributed by atoms with Crippen LogP contribution >= 0.6 is 22.7 Å². The summed E-state index contributed by atoms with van der Waals surface area (Å²) in [4.78, 5) is 4.14. The first-order valence-electron chi connectivity index (χ1n) is 16.4. The summed E-state index contributed by atoms with van der Waals surface area (Å²) in [6, 6.07) is 49.3. The molecule has 6 heteroatoms. The lowest BCUT2D eigenvalue weighted by Gasteiger charge is -2.16. The Bertz CT molecular complexity index is 3130. The van der Waals surface area contributed by atoms with E-state index in [4.69, 9.17) is 6.57 Å². The van der Waals surface area contributed by atoms with E-state index in [2.05, 4.69) is 129 Å². The first kappa shape index (κ1) is 27.5. The first-order chi connectivity index (χ1) is 24.7. The summed E-state index contributed by atoms with van der Waals surface area (Å²) in [7, 11) is 0. The predicted octanol–water partition coefficient (Wildman–Crippen LogP) is 13.0. The predicted molar refractivity (Wildman–Crippen MR) is 212 cm³/mol. The molecule has 0 radical (unpaired) electrons. The zero-order chi connectivity index (χ0) is 33.1. The van der Waals surface area contributed by atoms with Crippen LogP contribution in [0, 0.1) is 17.9 Å². The first-order valence-corrected chi connectivity index (χ1v) is 18.0. The average molecular weight is 671 g/mol. The molecule has 0 fully saturated rings. The fourth-order valence-corrected chi connectivity index (χ4v) is 10.3. The van der Waals surface area contributed by atoms with Gasteiger partial charge in [-0.25, -0.2) is 4.85 Å². The number of benzene rings is 7. The smallest absolute Gasteiger partial charge is 0.212 e. The van der Waals surface area contributed by atoms with Crippen LogP contribution in [0.4, 0.5) is 5.69 Å². The van der Waals surface area contributed by atoms with Crippen molar-refractivity contribution in [2.24, 2.45) is 0 Å². The minimum Gasteiger partial charge on any atom is -0.319 e. The van der Waals surface area contributed by atoms with Gasteiger partial charge in [-0.05, 0) is 60.7 Å². The summed E-state index contributed by atoms with van der Waals surface area (Å²) < 4.78 is 9.34. The Morgan fingerprint density at radius 1 is 0.460 bits per heavy atom. The van der Waals surface area contributed by atoms with Gasteiger partial charge in [0.1, 0.15) is 6.07 Å². The van der Waals surface area contributed by atoms with E-state index in [9.17, 15) is 5.26 Å². The number of para-hydroxylation sites is 2. The highest BCUT2D eigenvalue weighted by atomic mass is 32.1. The van der Waals surface area contributed by atoms with Crippen LogP contribution in [0.2, 0.25) is 0 Å². The number of nitrogens with zero attached hydrogens (tertiary/aromatic N) is 4. The van der Waals surface area contributed by atoms with Crippen LogP contribution in [0.1, 0.15) is 5.56 Å². The molecule has 11 rings (SSSR count). The van der Waals surface area contributed by atoms with Crippen molar-refractivity contribution in [3.05, 3.63) is 150 Å². The highest BCUT2D eigenvalue weighted by Crippen LogP contribution is 2.45. The van der Waals surface area contributed by atoms with Gasteiger partial charge in [0.25, 0.3) is 0 Å². The number of hydrogen-bond acceptors (Lipinski definition) is 3. The molecule has 0 atom stereocenters. The van der Waals surface area contributed by atoms with E-state index in [1.54, 1.807) is 22.7 Å². The van der Waals surface area contributed by atoms with E-state index >= 15 is 0 Å². The minimum atomic E-state index is 0.491. The zero-order valence-electron chi connectivity index (χ0n) is 26.3. The van der Waals surface area contributed by atoms with Gasteiger partial charge in [0.15, 0.2) is 0 Å². The van der Waals surface area contributed by atoms with Gasteiger partial charge in [-0.3, -0.25) is 0 Å². The molecular weight excluding hydrogens is 649 g/mol. The third-order valence-electron chi connectivity index (χ3n) is 10.2. The summed E-state index contributed by atoms with van der Waals surface area (Å²) in [5.41, 5.74) is 6.47. The third kappa shape index (κ3) is 3.61. The van der Waals surface area contributed by atoms with Gasteiger partial charge in [-0.1, -0.05) is 72.8 Å². The molecule has 0 N–H and O–H groups in total. The number of rotatable bonds is 2. The maximum atomic E-state index is 10.8. The fraction of sp³-hybridized carbons (Fsp3) is 0. The van der Waals surface area contributed by atoms with Gasteiger partial charge >= 0.3 is 0 Å². The zero-order valence-corrected chi connectivity index (χ0v) is 27.9. The molecule has 11 aromatic rings. The summed E-state index contributed by atoms with van der Waals surface area (Å²) in [5, 5.41) is 20.2. The van der Waals surface area contributed by atoms with E-state index in [1.807, 2.05) is 24.3 Å². The fourth-order valence-electron chi connectivity index (χ4n) is 8.00. The number of thiophene rings is 2. The molecule has 4 nitrogen and oxygen atoms in total. The number of hydrogen-bond donors (Lipinski definition) is 0. The van der Waals surface area contributed by atoms with Crippen LogP contribution in [0.15, 0.2) is 133 Å². The monoisotopic (exact) mass is 670 g/mol. The Labute approximate surface area is 293 Å². The average Bonchev–Trinajstić information content (AvgIpc) is 3.90. The number of nitriles is 1. The van der Waals surface area contributed by atoms with Gasteiger partial charge in [0.2, 0.25) is 5.69 Å². The molecule has 50 heavy (non-hydrogen) atoms. The largest absolute Gasteiger partial charge is 0.319 e. The van der Waals surface area contributed by atoms with Crippen molar-refractivity contribution in [2.75, 3.05) is 0 Å². The molecule has 0 saturated carbocycles. The normalized spacial score (nSPS) is 12.0. The highest BCUT2D eigenvalue weighted by molar-refractivity contribution is 7.26. The molecule has 4 aromatic heterocycles. The Balaban J connectivity index is 1.23. The second-order valence-corrected chi connectivity index (χ2v) is 14.9.